The second-order valence-electron chi connectivity index (χ2n) is 5.00. The average molecular weight is 295 g/mol. The number of likely N-dealkylation sites (N-methyl/N-ethyl adjacent to an activating group) is 2. The van der Waals surface area contributed by atoms with Gasteiger partial charge in [-0.15, -0.1) is 11.3 Å². The van der Waals surface area contributed by atoms with Crippen LogP contribution in [0.1, 0.15) is 22.5 Å². The standard InChI is InChI=1S/C14H21N3O2S/c1-15-7-9-16(2)13(18)11-5-3-8-17(11)14(19)12-6-4-10-20-12/h4,6,10-11,15H,3,5,7-9H2,1-2H3. The molecule has 1 saturated heterocycles. The van der Waals surface area contributed by atoms with Crippen LogP contribution in [0.2, 0.25) is 0 Å². The Morgan fingerprint density at radius 2 is 2.35 bits per heavy atom. The van der Waals surface area contributed by atoms with E-state index in [1.54, 1.807) is 16.8 Å². The molecule has 2 rings (SSSR count). The third-order valence-electron chi connectivity index (χ3n) is 3.60. The average Bonchev–Trinajstić information content (AvgIpc) is 3.13. The van der Waals surface area contributed by atoms with E-state index in [9.17, 15) is 9.59 Å². The molecule has 2 heterocycles. The molecule has 1 N–H and O–H groups in total. The smallest absolute Gasteiger partial charge is 0.264 e. The zero-order valence-electron chi connectivity index (χ0n) is 12.0. The van der Waals surface area contributed by atoms with Crippen molar-refractivity contribution >= 4 is 23.2 Å². The highest BCUT2D eigenvalue weighted by molar-refractivity contribution is 7.12. The van der Waals surface area contributed by atoms with Crippen molar-refractivity contribution in [3.05, 3.63) is 22.4 Å². The summed E-state index contributed by atoms with van der Waals surface area (Å²) in [5.74, 6) is 0.0283. The largest absolute Gasteiger partial charge is 0.343 e. The first-order chi connectivity index (χ1) is 9.65. The zero-order chi connectivity index (χ0) is 14.5. The summed E-state index contributed by atoms with van der Waals surface area (Å²) in [4.78, 5) is 29.0. The number of carbonyl (C=O) groups is 2. The molecule has 0 radical (unpaired) electrons. The molecule has 0 spiro atoms. The molecule has 1 aliphatic heterocycles. The van der Waals surface area contributed by atoms with E-state index < -0.39 is 0 Å². The molecule has 1 aromatic heterocycles. The first-order valence-corrected chi connectivity index (χ1v) is 7.77. The lowest BCUT2D eigenvalue weighted by atomic mass is 10.2. The Labute approximate surface area is 123 Å². The molecule has 1 aliphatic rings. The summed E-state index contributed by atoms with van der Waals surface area (Å²) in [7, 11) is 3.66. The molecule has 110 valence electrons. The molecule has 5 nitrogen and oxygen atoms in total. The Kier molecular flexibility index (Phi) is 5.14. The molecule has 0 aromatic carbocycles. The summed E-state index contributed by atoms with van der Waals surface area (Å²) >= 11 is 1.43. The predicted molar refractivity (Wildman–Crippen MR) is 79.9 cm³/mol. The third kappa shape index (κ3) is 3.19. The van der Waals surface area contributed by atoms with Crippen LogP contribution in [0.3, 0.4) is 0 Å². The van der Waals surface area contributed by atoms with Crippen molar-refractivity contribution < 1.29 is 9.59 Å². The number of nitrogens with one attached hydrogen (secondary N) is 1. The fraction of sp³-hybridized carbons (Fsp3) is 0.571. The molecular formula is C14H21N3O2S. The predicted octanol–water partition coefficient (Wildman–Crippen LogP) is 1.03. The van der Waals surface area contributed by atoms with Crippen LogP contribution in [-0.2, 0) is 4.79 Å². The Balaban J connectivity index is 2.03. The van der Waals surface area contributed by atoms with Gasteiger partial charge in [-0.1, -0.05) is 6.07 Å². The third-order valence-corrected chi connectivity index (χ3v) is 4.46. The van der Waals surface area contributed by atoms with Crippen molar-refractivity contribution in [3.63, 3.8) is 0 Å². The number of amides is 2. The van der Waals surface area contributed by atoms with E-state index in [1.807, 2.05) is 24.6 Å². The number of hydrogen-bond donors (Lipinski definition) is 1. The van der Waals surface area contributed by atoms with Crippen molar-refractivity contribution in [2.24, 2.45) is 0 Å². The van der Waals surface area contributed by atoms with E-state index >= 15 is 0 Å². The molecule has 0 saturated carbocycles. The molecule has 0 aliphatic carbocycles. The highest BCUT2D eigenvalue weighted by Gasteiger charge is 2.36. The lowest BCUT2D eigenvalue weighted by Gasteiger charge is -2.27. The number of carbonyl (C=O) groups excluding carboxylic acids is 2. The first kappa shape index (κ1) is 15.0. The number of likely N-dealkylation sites (tertiary alicyclic amines) is 1. The minimum Gasteiger partial charge on any atom is -0.343 e. The highest BCUT2D eigenvalue weighted by Crippen LogP contribution is 2.23. The van der Waals surface area contributed by atoms with Crippen molar-refractivity contribution in [2.75, 3.05) is 33.7 Å². The Morgan fingerprint density at radius 3 is 3.00 bits per heavy atom. The molecular weight excluding hydrogens is 274 g/mol. The van der Waals surface area contributed by atoms with Gasteiger partial charge in [-0.3, -0.25) is 9.59 Å². The lowest BCUT2D eigenvalue weighted by molar-refractivity contribution is -0.133. The van der Waals surface area contributed by atoms with Crippen LogP contribution in [0.4, 0.5) is 0 Å². The summed E-state index contributed by atoms with van der Waals surface area (Å²) in [5, 5.41) is 4.92. The van der Waals surface area contributed by atoms with Crippen LogP contribution in [0.15, 0.2) is 17.5 Å². The maximum atomic E-state index is 12.4. The normalized spacial score (nSPS) is 18.3. The van der Waals surface area contributed by atoms with E-state index in [2.05, 4.69) is 5.32 Å². The molecule has 1 atom stereocenters. The van der Waals surface area contributed by atoms with E-state index in [4.69, 9.17) is 0 Å². The number of hydrogen-bond acceptors (Lipinski definition) is 4. The van der Waals surface area contributed by atoms with Gasteiger partial charge < -0.3 is 15.1 Å². The van der Waals surface area contributed by atoms with Crippen LogP contribution in [0.25, 0.3) is 0 Å². The van der Waals surface area contributed by atoms with Gasteiger partial charge in [0.15, 0.2) is 0 Å². The molecule has 20 heavy (non-hydrogen) atoms. The SMILES string of the molecule is CNCCN(C)C(=O)C1CCCN1C(=O)c1cccs1. The summed E-state index contributed by atoms with van der Waals surface area (Å²) in [6, 6.07) is 3.38. The molecule has 2 amide bonds. The van der Waals surface area contributed by atoms with Gasteiger partial charge >= 0.3 is 0 Å². The quantitative estimate of drug-likeness (QED) is 0.883. The maximum absolute atomic E-state index is 12.4. The van der Waals surface area contributed by atoms with Gasteiger partial charge in [0.1, 0.15) is 6.04 Å². The van der Waals surface area contributed by atoms with E-state index in [-0.39, 0.29) is 17.9 Å². The second-order valence-corrected chi connectivity index (χ2v) is 5.94. The van der Waals surface area contributed by atoms with E-state index in [1.165, 1.54) is 11.3 Å². The van der Waals surface area contributed by atoms with Crippen LogP contribution in [0, 0.1) is 0 Å². The van der Waals surface area contributed by atoms with Gasteiger partial charge in [0, 0.05) is 26.7 Å². The first-order valence-electron chi connectivity index (χ1n) is 6.89. The van der Waals surface area contributed by atoms with Crippen LogP contribution >= 0.6 is 11.3 Å². The fourth-order valence-corrected chi connectivity index (χ4v) is 3.13. The maximum Gasteiger partial charge on any atom is 0.264 e. The summed E-state index contributed by atoms with van der Waals surface area (Å²) in [5.41, 5.74) is 0. The minimum atomic E-state index is -0.300. The molecule has 1 unspecified atom stereocenters. The lowest BCUT2D eigenvalue weighted by Crippen LogP contribution is -2.47. The van der Waals surface area contributed by atoms with Gasteiger partial charge in [0.05, 0.1) is 4.88 Å². The minimum absolute atomic E-state index is 0.0159. The highest BCUT2D eigenvalue weighted by atomic mass is 32.1. The van der Waals surface area contributed by atoms with Gasteiger partial charge in [0.25, 0.3) is 5.91 Å². The van der Waals surface area contributed by atoms with Crippen molar-refractivity contribution in [2.45, 2.75) is 18.9 Å². The monoisotopic (exact) mass is 295 g/mol. The Morgan fingerprint density at radius 1 is 1.55 bits per heavy atom. The Bertz CT molecular complexity index is 461. The van der Waals surface area contributed by atoms with Gasteiger partial charge in [-0.05, 0) is 31.3 Å². The van der Waals surface area contributed by atoms with E-state index in [0.29, 0.717) is 18.0 Å². The zero-order valence-corrected chi connectivity index (χ0v) is 12.8. The second kappa shape index (κ2) is 6.85. The van der Waals surface area contributed by atoms with Crippen LogP contribution in [-0.4, -0.2) is 61.4 Å². The van der Waals surface area contributed by atoms with Crippen molar-refractivity contribution in [1.29, 1.82) is 0 Å². The molecule has 1 aromatic rings. The molecule has 6 heteroatoms. The number of rotatable bonds is 5. The van der Waals surface area contributed by atoms with Gasteiger partial charge in [0.2, 0.25) is 5.91 Å². The summed E-state index contributed by atoms with van der Waals surface area (Å²) in [6.45, 7) is 2.09. The van der Waals surface area contributed by atoms with E-state index in [0.717, 1.165) is 19.4 Å². The fourth-order valence-electron chi connectivity index (χ4n) is 2.45. The topological polar surface area (TPSA) is 52.7 Å². The van der Waals surface area contributed by atoms with Gasteiger partial charge in [-0.2, -0.15) is 0 Å². The van der Waals surface area contributed by atoms with Crippen LogP contribution < -0.4 is 5.32 Å². The van der Waals surface area contributed by atoms with Crippen LogP contribution in [0.5, 0.6) is 0 Å². The summed E-state index contributed by atoms with van der Waals surface area (Å²) < 4.78 is 0. The molecule has 1 fully saturated rings. The molecule has 0 bridgehead atoms. The number of thiophene rings is 1. The number of nitrogens with zero attached hydrogens (tertiary/aromatic N) is 2. The summed E-state index contributed by atoms with van der Waals surface area (Å²) in [6.07, 6.45) is 1.66. The van der Waals surface area contributed by atoms with Gasteiger partial charge in [-0.25, -0.2) is 0 Å². The Hall–Kier alpha value is -1.40. The van der Waals surface area contributed by atoms with Crippen molar-refractivity contribution in [1.82, 2.24) is 15.1 Å². The van der Waals surface area contributed by atoms with Crippen molar-refractivity contribution in [3.8, 4) is 0 Å².